The van der Waals surface area contributed by atoms with Gasteiger partial charge in [-0.2, -0.15) is 5.10 Å². The molecule has 0 aromatic carbocycles. The van der Waals surface area contributed by atoms with Crippen LogP contribution < -0.4 is 4.90 Å². The van der Waals surface area contributed by atoms with Crippen LogP contribution in [0.3, 0.4) is 0 Å². The Bertz CT molecular complexity index is 459. The van der Waals surface area contributed by atoms with E-state index in [2.05, 4.69) is 5.10 Å². The third kappa shape index (κ3) is 3.45. The standard InChI is InChI=1S/C12H22N4O4/c1-9(2)15-12(11(16(18)19)10(3)13-15)14(5-7-17)6-8-20-4/h9,17H,5-8H2,1-4H3. The second kappa shape index (κ2) is 7.20. The number of hydrogen-bond donors (Lipinski definition) is 1. The fourth-order valence-electron chi connectivity index (χ4n) is 2.04. The van der Waals surface area contributed by atoms with Gasteiger partial charge in [-0.1, -0.05) is 0 Å². The van der Waals surface area contributed by atoms with Gasteiger partial charge in [0.05, 0.1) is 18.1 Å². The number of hydrogen-bond acceptors (Lipinski definition) is 6. The predicted molar refractivity (Wildman–Crippen MR) is 75.2 cm³/mol. The van der Waals surface area contributed by atoms with E-state index < -0.39 is 4.92 Å². The molecular formula is C12H22N4O4. The number of anilines is 1. The first-order valence-electron chi connectivity index (χ1n) is 6.52. The lowest BCUT2D eigenvalue weighted by molar-refractivity contribution is -0.384. The van der Waals surface area contributed by atoms with Crippen LogP contribution in [0.25, 0.3) is 0 Å². The summed E-state index contributed by atoms with van der Waals surface area (Å²) in [5, 5.41) is 24.7. The minimum absolute atomic E-state index is 0.0109. The number of aromatic nitrogens is 2. The van der Waals surface area contributed by atoms with E-state index in [-0.39, 0.29) is 18.3 Å². The van der Waals surface area contributed by atoms with Crippen molar-refractivity contribution in [3.05, 3.63) is 15.8 Å². The largest absolute Gasteiger partial charge is 0.395 e. The van der Waals surface area contributed by atoms with E-state index in [0.29, 0.717) is 31.2 Å². The molecule has 0 aliphatic rings. The van der Waals surface area contributed by atoms with E-state index in [4.69, 9.17) is 4.74 Å². The molecule has 0 amide bonds. The Morgan fingerprint density at radius 2 is 2.15 bits per heavy atom. The van der Waals surface area contributed by atoms with E-state index in [0.717, 1.165) is 0 Å². The lowest BCUT2D eigenvalue weighted by atomic mass is 10.3. The molecule has 1 rings (SSSR count). The molecule has 0 atom stereocenters. The van der Waals surface area contributed by atoms with Crippen LogP contribution in [0, 0.1) is 17.0 Å². The van der Waals surface area contributed by atoms with Crippen molar-refractivity contribution in [2.75, 3.05) is 38.3 Å². The molecule has 0 saturated heterocycles. The second-order valence-corrected chi connectivity index (χ2v) is 4.76. The highest BCUT2D eigenvalue weighted by atomic mass is 16.6. The molecule has 8 heteroatoms. The van der Waals surface area contributed by atoms with Gasteiger partial charge in [-0.25, -0.2) is 4.68 Å². The molecule has 8 nitrogen and oxygen atoms in total. The smallest absolute Gasteiger partial charge is 0.333 e. The van der Waals surface area contributed by atoms with Crippen molar-refractivity contribution < 1.29 is 14.8 Å². The zero-order valence-corrected chi connectivity index (χ0v) is 12.4. The van der Waals surface area contributed by atoms with Crippen LogP contribution in [0.2, 0.25) is 0 Å². The highest BCUT2D eigenvalue weighted by Gasteiger charge is 2.30. The summed E-state index contributed by atoms with van der Waals surface area (Å²) in [5.41, 5.74) is 0.363. The summed E-state index contributed by atoms with van der Waals surface area (Å²) >= 11 is 0. The van der Waals surface area contributed by atoms with Crippen molar-refractivity contribution in [3.63, 3.8) is 0 Å². The number of rotatable bonds is 8. The Morgan fingerprint density at radius 3 is 2.60 bits per heavy atom. The van der Waals surface area contributed by atoms with Crippen molar-refractivity contribution in [1.82, 2.24) is 9.78 Å². The second-order valence-electron chi connectivity index (χ2n) is 4.76. The topological polar surface area (TPSA) is 93.7 Å². The maximum atomic E-state index is 11.3. The van der Waals surface area contributed by atoms with Crippen molar-refractivity contribution in [3.8, 4) is 0 Å². The molecule has 0 aliphatic carbocycles. The Hall–Kier alpha value is -1.67. The van der Waals surface area contributed by atoms with Crippen molar-refractivity contribution in [2.24, 2.45) is 0 Å². The van der Waals surface area contributed by atoms with Crippen LogP contribution >= 0.6 is 0 Å². The van der Waals surface area contributed by atoms with Gasteiger partial charge in [-0.05, 0) is 20.8 Å². The number of nitro groups is 1. The summed E-state index contributed by atoms with van der Waals surface area (Å²) in [6.45, 7) is 6.51. The number of aliphatic hydroxyl groups excluding tert-OH is 1. The third-order valence-electron chi connectivity index (χ3n) is 2.94. The number of methoxy groups -OCH3 is 1. The SMILES string of the molecule is COCCN(CCO)c1c([N+](=O)[O-])c(C)nn1C(C)C. The van der Waals surface area contributed by atoms with Gasteiger partial charge in [0.15, 0.2) is 0 Å². The Kier molecular flexibility index (Phi) is 5.90. The van der Waals surface area contributed by atoms with Crippen LogP contribution in [-0.4, -0.2) is 53.2 Å². The van der Waals surface area contributed by atoms with Gasteiger partial charge >= 0.3 is 5.69 Å². The summed E-state index contributed by atoms with van der Waals surface area (Å²) in [7, 11) is 1.57. The van der Waals surface area contributed by atoms with Gasteiger partial charge in [-0.3, -0.25) is 10.1 Å². The van der Waals surface area contributed by atoms with Crippen LogP contribution in [0.4, 0.5) is 11.5 Å². The summed E-state index contributed by atoms with van der Waals surface area (Å²) in [4.78, 5) is 12.6. The monoisotopic (exact) mass is 286 g/mol. The van der Waals surface area contributed by atoms with Crippen LogP contribution in [0.5, 0.6) is 0 Å². The fraction of sp³-hybridized carbons (Fsp3) is 0.750. The molecule has 0 bridgehead atoms. The number of aliphatic hydroxyl groups is 1. The highest BCUT2D eigenvalue weighted by Crippen LogP contribution is 2.33. The average molecular weight is 286 g/mol. The summed E-state index contributed by atoms with van der Waals surface area (Å²) < 4.78 is 6.65. The molecule has 0 spiro atoms. The molecule has 0 aliphatic heterocycles. The van der Waals surface area contributed by atoms with Crippen LogP contribution in [-0.2, 0) is 4.74 Å². The van der Waals surface area contributed by atoms with E-state index >= 15 is 0 Å². The third-order valence-corrected chi connectivity index (χ3v) is 2.94. The van der Waals surface area contributed by atoms with Crippen molar-refractivity contribution in [2.45, 2.75) is 26.8 Å². The molecule has 1 aromatic heterocycles. The molecule has 1 heterocycles. The van der Waals surface area contributed by atoms with Crippen molar-refractivity contribution in [1.29, 1.82) is 0 Å². The first-order valence-corrected chi connectivity index (χ1v) is 6.52. The van der Waals surface area contributed by atoms with Gasteiger partial charge in [0.1, 0.15) is 5.69 Å². The maximum absolute atomic E-state index is 11.3. The number of aryl methyl sites for hydroxylation is 1. The fourth-order valence-corrected chi connectivity index (χ4v) is 2.04. The summed E-state index contributed by atoms with van der Waals surface area (Å²) in [5.74, 6) is 0.425. The van der Waals surface area contributed by atoms with Crippen LogP contribution in [0.1, 0.15) is 25.6 Å². The minimum atomic E-state index is -0.423. The number of ether oxygens (including phenoxy) is 1. The molecule has 114 valence electrons. The molecule has 0 unspecified atom stereocenters. The van der Waals surface area contributed by atoms with Gasteiger partial charge in [0.25, 0.3) is 0 Å². The van der Waals surface area contributed by atoms with E-state index in [1.807, 2.05) is 13.8 Å². The Balaban J connectivity index is 3.31. The highest BCUT2D eigenvalue weighted by molar-refractivity contribution is 5.61. The van der Waals surface area contributed by atoms with Crippen molar-refractivity contribution >= 4 is 11.5 Å². The minimum Gasteiger partial charge on any atom is -0.395 e. The molecule has 0 fully saturated rings. The van der Waals surface area contributed by atoms with E-state index in [9.17, 15) is 15.2 Å². The molecule has 1 aromatic rings. The zero-order chi connectivity index (χ0) is 15.3. The normalized spacial score (nSPS) is 11.1. The molecular weight excluding hydrogens is 264 g/mol. The van der Waals surface area contributed by atoms with Gasteiger partial charge in [0, 0.05) is 26.2 Å². The zero-order valence-electron chi connectivity index (χ0n) is 12.4. The number of nitrogens with zero attached hydrogens (tertiary/aromatic N) is 4. The molecule has 0 radical (unpaired) electrons. The maximum Gasteiger partial charge on any atom is 0.333 e. The quantitative estimate of drug-likeness (QED) is 0.568. The molecule has 0 saturated carbocycles. The van der Waals surface area contributed by atoms with E-state index in [1.165, 1.54) is 0 Å². The summed E-state index contributed by atoms with van der Waals surface area (Å²) in [6.07, 6.45) is 0. The molecule has 20 heavy (non-hydrogen) atoms. The first-order chi connectivity index (χ1) is 9.43. The average Bonchev–Trinajstić information content (AvgIpc) is 2.72. The lowest BCUT2D eigenvalue weighted by Crippen LogP contribution is -2.33. The summed E-state index contributed by atoms with van der Waals surface area (Å²) in [6, 6.07) is -0.0128. The first kappa shape index (κ1) is 16.4. The van der Waals surface area contributed by atoms with Gasteiger partial charge in [-0.15, -0.1) is 0 Å². The van der Waals surface area contributed by atoms with Gasteiger partial charge < -0.3 is 14.7 Å². The van der Waals surface area contributed by atoms with E-state index in [1.54, 1.807) is 23.6 Å². The Morgan fingerprint density at radius 1 is 1.50 bits per heavy atom. The lowest BCUT2D eigenvalue weighted by Gasteiger charge is -2.24. The van der Waals surface area contributed by atoms with Crippen LogP contribution in [0.15, 0.2) is 0 Å². The Labute approximate surface area is 118 Å². The molecule has 1 N–H and O–H groups in total. The van der Waals surface area contributed by atoms with Gasteiger partial charge in [0.2, 0.25) is 5.82 Å². The predicted octanol–water partition coefficient (Wildman–Crippen LogP) is 1.13.